The Morgan fingerprint density at radius 1 is 1.42 bits per heavy atom. The van der Waals surface area contributed by atoms with E-state index in [2.05, 4.69) is 5.43 Å². The van der Waals surface area contributed by atoms with Gasteiger partial charge in [-0.2, -0.15) is 0 Å². The number of rotatable bonds is 2. The summed E-state index contributed by atoms with van der Waals surface area (Å²) in [4.78, 5) is 0. The monoisotopic (exact) mass is 178 g/mol. The molecule has 0 aromatic carbocycles. The molecule has 0 amide bonds. The molecule has 1 rings (SSSR count). The van der Waals surface area contributed by atoms with Crippen molar-refractivity contribution < 1.29 is 8.78 Å². The van der Waals surface area contributed by atoms with Gasteiger partial charge in [-0.25, -0.2) is 8.78 Å². The van der Waals surface area contributed by atoms with Crippen molar-refractivity contribution in [2.45, 2.75) is 44.6 Å². The smallest absolute Gasteiger partial charge is 0.248 e. The first-order valence-electron chi connectivity index (χ1n) is 4.39. The van der Waals surface area contributed by atoms with Crippen molar-refractivity contribution >= 4 is 0 Å². The van der Waals surface area contributed by atoms with Crippen LogP contribution in [0, 0.1) is 5.92 Å². The molecule has 0 spiro atoms. The zero-order valence-electron chi connectivity index (χ0n) is 7.32. The van der Waals surface area contributed by atoms with Crippen LogP contribution in [0.4, 0.5) is 8.78 Å². The van der Waals surface area contributed by atoms with Crippen LogP contribution in [0.2, 0.25) is 0 Å². The van der Waals surface area contributed by atoms with E-state index >= 15 is 0 Å². The lowest BCUT2D eigenvalue weighted by Crippen LogP contribution is -2.41. The zero-order chi connectivity index (χ0) is 9.19. The van der Waals surface area contributed by atoms with E-state index in [1.165, 1.54) is 0 Å². The number of nitrogens with one attached hydrogen (secondary N) is 1. The first-order chi connectivity index (χ1) is 5.55. The van der Waals surface area contributed by atoms with Crippen LogP contribution < -0.4 is 11.3 Å². The molecule has 0 aromatic rings. The Kier molecular flexibility index (Phi) is 3.01. The van der Waals surface area contributed by atoms with Gasteiger partial charge in [0, 0.05) is 18.9 Å². The molecule has 72 valence electrons. The van der Waals surface area contributed by atoms with Crippen LogP contribution in [0.3, 0.4) is 0 Å². The predicted octanol–water partition coefficient (Wildman–Crippen LogP) is 1.66. The van der Waals surface area contributed by atoms with E-state index in [1.54, 1.807) is 0 Å². The van der Waals surface area contributed by atoms with E-state index < -0.39 is 5.92 Å². The Hall–Kier alpha value is -0.220. The zero-order valence-corrected chi connectivity index (χ0v) is 7.32. The lowest BCUT2D eigenvalue weighted by Gasteiger charge is -2.31. The molecular weight excluding hydrogens is 162 g/mol. The van der Waals surface area contributed by atoms with E-state index in [4.69, 9.17) is 5.84 Å². The van der Waals surface area contributed by atoms with E-state index in [1.807, 2.05) is 6.92 Å². The second-order valence-electron chi connectivity index (χ2n) is 3.65. The normalized spacial score (nSPS) is 27.0. The molecule has 0 saturated heterocycles. The molecule has 0 aromatic heterocycles. The van der Waals surface area contributed by atoms with E-state index in [0.29, 0.717) is 18.8 Å². The first-order valence-corrected chi connectivity index (χ1v) is 4.39. The lowest BCUT2D eigenvalue weighted by molar-refractivity contribution is -0.0488. The highest BCUT2D eigenvalue weighted by molar-refractivity contribution is 4.81. The molecule has 1 aliphatic carbocycles. The largest absolute Gasteiger partial charge is 0.271 e. The fourth-order valence-corrected chi connectivity index (χ4v) is 1.70. The van der Waals surface area contributed by atoms with Crippen LogP contribution in [0.15, 0.2) is 0 Å². The van der Waals surface area contributed by atoms with Gasteiger partial charge in [0.2, 0.25) is 5.92 Å². The third-order valence-corrected chi connectivity index (χ3v) is 2.73. The van der Waals surface area contributed by atoms with Gasteiger partial charge in [-0.3, -0.25) is 11.3 Å². The Bertz CT molecular complexity index is 140. The van der Waals surface area contributed by atoms with Crippen molar-refractivity contribution in [1.82, 2.24) is 5.43 Å². The maximum atomic E-state index is 12.7. The fraction of sp³-hybridized carbons (Fsp3) is 1.00. The average molecular weight is 178 g/mol. The standard InChI is InChI=1S/C8H16F2N2/c1-6(12-11)7-2-4-8(9,10)5-3-7/h6-7,12H,2-5,11H2,1H3. The molecule has 3 N–H and O–H groups in total. The molecular formula is C8H16F2N2. The summed E-state index contributed by atoms with van der Waals surface area (Å²) in [6.07, 6.45) is 1.20. The maximum absolute atomic E-state index is 12.7. The summed E-state index contributed by atoms with van der Waals surface area (Å²) >= 11 is 0. The Morgan fingerprint density at radius 2 is 1.92 bits per heavy atom. The van der Waals surface area contributed by atoms with Gasteiger partial charge in [-0.15, -0.1) is 0 Å². The van der Waals surface area contributed by atoms with Crippen molar-refractivity contribution in [3.8, 4) is 0 Å². The molecule has 12 heavy (non-hydrogen) atoms. The summed E-state index contributed by atoms with van der Waals surface area (Å²) in [5.41, 5.74) is 2.62. The predicted molar refractivity (Wildman–Crippen MR) is 43.7 cm³/mol. The summed E-state index contributed by atoms with van der Waals surface area (Å²) in [5, 5.41) is 0. The minimum atomic E-state index is -2.43. The molecule has 0 radical (unpaired) electrons. The van der Waals surface area contributed by atoms with Gasteiger partial charge >= 0.3 is 0 Å². The Balaban J connectivity index is 2.36. The molecule has 1 saturated carbocycles. The molecule has 0 aliphatic heterocycles. The molecule has 0 heterocycles. The van der Waals surface area contributed by atoms with E-state index in [9.17, 15) is 8.78 Å². The van der Waals surface area contributed by atoms with Gasteiger partial charge in [0.1, 0.15) is 0 Å². The summed E-state index contributed by atoms with van der Waals surface area (Å²) in [6, 6.07) is 0.154. The topological polar surface area (TPSA) is 38.0 Å². The summed E-state index contributed by atoms with van der Waals surface area (Å²) in [5.74, 6) is 3.12. The van der Waals surface area contributed by atoms with Gasteiger partial charge in [-0.1, -0.05) is 0 Å². The van der Waals surface area contributed by atoms with Crippen LogP contribution in [-0.4, -0.2) is 12.0 Å². The van der Waals surface area contributed by atoms with Gasteiger partial charge in [-0.05, 0) is 25.7 Å². The highest BCUT2D eigenvalue weighted by Gasteiger charge is 2.36. The summed E-state index contributed by atoms with van der Waals surface area (Å²) < 4.78 is 25.4. The minimum Gasteiger partial charge on any atom is -0.271 e. The van der Waals surface area contributed by atoms with Crippen LogP contribution in [0.25, 0.3) is 0 Å². The molecule has 1 fully saturated rings. The second kappa shape index (κ2) is 3.66. The number of alkyl halides is 2. The fourth-order valence-electron chi connectivity index (χ4n) is 1.70. The van der Waals surface area contributed by atoms with Crippen molar-refractivity contribution in [2.24, 2.45) is 11.8 Å². The third-order valence-electron chi connectivity index (χ3n) is 2.73. The average Bonchev–Trinajstić information content (AvgIpc) is 2.03. The number of nitrogens with two attached hydrogens (primary N) is 1. The van der Waals surface area contributed by atoms with E-state index in [-0.39, 0.29) is 18.9 Å². The summed E-state index contributed by atoms with van der Waals surface area (Å²) in [6.45, 7) is 1.94. The van der Waals surface area contributed by atoms with Crippen molar-refractivity contribution in [1.29, 1.82) is 0 Å². The second-order valence-corrected chi connectivity index (χ2v) is 3.65. The van der Waals surface area contributed by atoms with Gasteiger partial charge in [0.05, 0.1) is 0 Å². The molecule has 1 aliphatic rings. The molecule has 0 bridgehead atoms. The van der Waals surface area contributed by atoms with Crippen molar-refractivity contribution in [3.63, 3.8) is 0 Å². The van der Waals surface area contributed by atoms with Gasteiger partial charge in [0.25, 0.3) is 0 Å². The molecule has 2 nitrogen and oxygen atoms in total. The molecule has 1 atom stereocenters. The van der Waals surface area contributed by atoms with Gasteiger partial charge in [0.15, 0.2) is 0 Å². The maximum Gasteiger partial charge on any atom is 0.248 e. The quantitative estimate of drug-likeness (QED) is 0.498. The third kappa shape index (κ3) is 2.38. The van der Waals surface area contributed by atoms with Crippen LogP contribution in [0.1, 0.15) is 32.6 Å². The number of halogens is 2. The first kappa shape index (κ1) is 9.86. The minimum absolute atomic E-state index is 0.0175. The van der Waals surface area contributed by atoms with Crippen LogP contribution >= 0.6 is 0 Å². The number of hydrazine groups is 1. The van der Waals surface area contributed by atoms with Crippen molar-refractivity contribution in [2.75, 3.05) is 0 Å². The van der Waals surface area contributed by atoms with Crippen LogP contribution in [0.5, 0.6) is 0 Å². The molecule has 4 heteroatoms. The highest BCUT2D eigenvalue weighted by Crippen LogP contribution is 2.37. The van der Waals surface area contributed by atoms with Gasteiger partial charge < -0.3 is 0 Å². The number of hydrogen-bond donors (Lipinski definition) is 2. The lowest BCUT2D eigenvalue weighted by atomic mass is 9.83. The van der Waals surface area contributed by atoms with E-state index in [0.717, 1.165) is 0 Å². The Morgan fingerprint density at radius 3 is 2.33 bits per heavy atom. The van der Waals surface area contributed by atoms with Crippen LogP contribution in [-0.2, 0) is 0 Å². The SMILES string of the molecule is CC(NN)C1CCC(F)(F)CC1. The summed E-state index contributed by atoms with van der Waals surface area (Å²) in [7, 11) is 0. The molecule has 1 unspecified atom stereocenters. The van der Waals surface area contributed by atoms with Crippen molar-refractivity contribution in [3.05, 3.63) is 0 Å². The Labute approximate surface area is 71.5 Å². The number of hydrogen-bond acceptors (Lipinski definition) is 2. The highest BCUT2D eigenvalue weighted by atomic mass is 19.3.